The second-order valence-corrected chi connectivity index (χ2v) is 2.88. The third-order valence-corrected chi connectivity index (χ3v) is 1.61. The summed E-state index contributed by atoms with van der Waals surface area (Å²) in [6, 6.07) is -0.559. The number of hydrogen-bond acceptors (Lipinski definition) is 3. The molecule has 14 heavy (non-hydrogen) atoms. The molecule has 0 saturated heterocycles. The van der Waals surface area contributed by atoms with Crippen molar-refractivity contribution >= 4 is 11.9 Å². The van der Waals surface area contributed by atoms with Gasteiger partial charge in [0, 0.05) is 0 Å². The Hall–Kier alpha value is -1.30. The summed E-state index contributed by atoms with van der Waals surface area (Å²) in [7, 11) is 0. The van der Waals surface area contributed by atoms with Crippen LogP contribution in [-0.4, -0.2) is 31.1 Å². The second kappa shape index (κ2) is 7.14. The fourth-order valence-corrected chi connectivity index (χ4v) is 0.922. The molecule has 0 spiro atoms. The highest BCUT2D eigenvalue weighted by Crippen LogP contribution is 1.94. The van der Waals surface area contributed by atoms with Crippen LogP contribution in [0.2, 0.25) is 0 Å². The van der Waals surface area contributed by atoms with Gasteiger partial charge < -0.3 is 10.5 Å². The highest BCUT2D eigenvalue weighted by molar-refractivity contribution is 5.75. The van der Waals surface area contributed by atoms with Gasteiger partial charge >= 0.3 is 11.9 Å². The first kappa shape index (κ1) is 12.7. The molecule has 0 aromatic heterocycles. The Labute approximate surface area is 83.5 Å². The van der Waals surface area contributed by atoms with Crippen LogP contribution < -0.4 is 22.2 Å². The summed E-state index contributed by atoms with van der Waals surface area (Å²) >= 11 is 0. The lowest BCUT2D eigenvalue weighted by molar-refractivity contribution is -0.459. The molecule has 0 aromatic rings. The van der Waals surface area contributed by atoms with Crippen molar-refractivity contribution in [2.45, 2.75) is 25.8 Å². The van der Waals surface area contributed by atoms with Crippen LogP contribution in [0.5, 0.6) is 0 Å². The van der Waals surface area contributed by atoms with Crippen LogP contribution in [0.1, 0.15) is 19.8 Å². The molecule has 0 bridgehead atoms. The van der Waals surface area contributed by atoms with Crippen LogP contribution in [0.25, 0.3) is 0 Å². The summed E-state index contributed by atoms with van der Waals surface area (Å²) in [6.07, 6.45) is 1.27. The van der Waals surface area contributed by atoms with Gasteiger partial charge in [-0.1, -0.05) is 0 Å². The molecule has 0 aliphatic rings. The number of carbonyl (C=O) groups excluding carboxylic acids is 1. The summed E-state index contributed by atoms with van der Waals surface area (Å²) in [5, 5.41) is 0. The van der Waals surface area contributed by atoms with Gasteiger partial charge in [0.15, 0.2) is 0 Å². The highest BCUT2D eigenvalue weighted by atomic mass is 16.5. The number of guanidine groups is 1. The Morgan fingerprint density at radius 2 is 2.14 bits per heavy atom. The average Bonchev–Trinajstić information content (AvgIpc) is 2.12. The van der Waals surface area contributed by atoms with E-state index in [0.29, 0.717) is 19.6 Å². The van der Waals surface area contributed by atoms with Crippen LogP contribution in [0.15, 0.2) is 0 Å². The molecule has 0 unspecified atom stereocenters. The average molecular weight is 203 g/mol. The lowest BCUT2D eigenvalue weighted by atomic mass is 10.2. The Morgan fingerprint density at radius 3 is 2.64 bits per heavy atom. The van der Waals surface area contributed by atoms with Gasteiger partial charge in [-0.3, -0.25) is 21.3 Å². The minimum atomic E-state index is -0.559. The SMILES string of the molecule is CCOC(=O)[C@@H](N)CCC[NH+]=C(N)N. The van der Waals surface area contributed by atoms with E-state index in [1.54, 1.807) is 6.92 Å². The van der Waals surface area contributed by atoms with Crippen molar-refractivity contribution < 1.29 is 14.5 Å². The number of nitrogens with one attached hydrogen (secondary N) is 1. The van der Waals surface area contributed by atoms with E-state index in [9.17, 15) is 4.79 Å². The lowest BCUT2D eigenvalue weighted by Gasteiger charge is -2.08. The topological polar surface area (TPSA) is 118 Å². The fourth-order valence-electron chi connectivity index (χ4n) is 0.922. The van der Waals surface area contributed by atoms with E-state index in [0.717, 1.165) is 6.42 Å². The van der Waals surface area contributed by atoms with Crippen LogP contribution in [0.4, 0.5) is 0 Å². The molecule has 0 aliphatic carbocycles. The molecule has 6 heteroatoms. The Kier molecular flexibility index (Phi) is 6.47. The van der Waals surface area contributed by atoms with E-state index >= 15 is 0 Å². The largest absolute Gasteiger partial charge is 0.465 e. The second-order valence-electron chi connectivity index (χ2n) is 2.88. The Balaban J connectivity index is 3.58. The predicted molar refractivity (Wildman–Crippen MR) is 53.1 cm³/mol. The maximum atomic E-state index is 11.0. The van der Waals surface area contributed by atoms with Gasteiger partial charge in [-0.15, -0.1) is 0 Å². The van der Waals surface area contributed by atoms with Crippen LogP contribution in [0.3, 0.4) is 0 Å². The van der Waals surface area contributed by atoms with E-state index in [1.807, 2.05) is 0 Å². The van der Waals surface area contributed by atoms with E-state index in [2.05, 4.69) is 4.99 Å². The molecule has 0 aromatic carbocycles. The minimum Gasteiger partial charge on any atom is -0.465 e. The smallest absolute Gasteiger partial charge is 0.338 e. The molecule has 0 radical (unpaired) electrons. The molecule has 0 rings (SSSR count). The lowest BCUT2D eigenvalue weighted by Crippen LogP contribution is -2.78. The first-order valence-electron chi connectivity index (χ1n) is 4.62. The van der Waals surface area contributed by atoms with Crippen molar-refractivity contribution in [3.05, 3.63) is 0 Å². The van der Waals surface area contributed by atoms with Crippen molar-refractivity contribution in [2.75, 3.05) is 13.2 Å². The number of esters is 1. The summed E-state index contributed by atoms with van der Waals surface area (Å²) in [5.74, 6) is -0.188. The van der Waals surface area contributed by atoms with E-state index in [1.165, 1.54) is 0 Å². The van der Waals surface area contributed by atoms with Crippen LogP contribution >= 0.6 is 0 Å². The van der Waals surface area contributed by atoms with E-state index in [-0.39, 0.29) is 11.9 Å². The third kappa shape index (κ3) is 6.24. The molecular weight excluding hydrogens is 184 g/mol. The summed E-state index contributed by atoms with van der Waals surface area (Å²) in [6.45, 7) is 2.71. The molecule has 7 N–H and O–H groups in total. The monoisotopic (exact) mass is 203 g/mol. The minimum absolute atomic E-state index is 0.176. The molecule has 0 fully saturated rings. The number of nitrogens with two attached hydrogens (primary N) is 3. The fraction of sp³-hybridized carbons (Fsp3) is 0.750. The van der Waals surface area contributed by atoms with Gasteiger partial charge in [0.25, 0.3) is 0 Å². The van der Waals surface area contributed by atoms with Crippen molar-refractivity contribution in [1.82, 2.24) is 0 Å². The number of hydrogen-bond donors (Lipinski definition) is 4. The summed E-state index contributed by atoms with van der Waals surface area (Å²) in [4.78, 5) is 13.8. The molecule has 6 nitrogen and oxygen atoms in total. The normalized spacial score (nSPS) is 11.9. The molecule has 0 heterocycles. The first-order chi connectivity index (χ1) is 6.57. The highest BCUT2D eigenvalue weighted by Gasteiger charge is 2.13. The third-order valence-electron chi connectivity index (χ3n) is 1.61. The van der Waals surface area contributed by atoms with Crippen LogP contribution in [-0.2, 0) is 9.53 Å². The predicted octanol–water partition coefficient (Wildman–Crippen LogP) is -2.99. The molecule has 0 saturated carbocycles. The van der Waals surface area contributed by atoms with Gasteiger partial charge in [-0.05, 0) is 19.8 Å². The zero-order valence-electron chi connectivity index (χ0n) is 8.45. The summed E-state index contributed by atoms with van der Waals surface area (Å²) < 4.78 is 4.74. The maximum absolute atomic E-state index is 11.0. The Morgan fingerprint density at radius 1 is 1.50 bits per heavy atom. The zero-order chi connectivity index (χ0) is 11.0. The molecule has 0 amide bonds. The quantitative estimate of drug-likeness (QED) is 0.159. The molecular formula is C8H19N4O2+. The van der Waals surface area contributed by atoms with Gasteiger partial charge in [-0.2, -0.15) is 0 Å². The number of ether oxygens (including phenoxy) is 1. The standard InChI is InChI=1S/C8H18N4O2/c1-2-14-7(13)6(9)4-3-5-12-8(10)11/h6H,2-5,9H2,1H3,(H4,10,11,12)/p+1/t6-/m0/s1. The molecule has 1 atom stereocenters. The van der Waals surface area contributed by atoms with Crippen LogP contribution in [0, 0.1) is 0 Å². The van der Waals surface area contributed by atoms with Gasteiger partial charge in [0.1, 0.15) is 6.04 Å². The first-order valence-corrected chi connectivity index (χ1v) is 4.62. The Bertz CT molecular complexity index is 202. The number of rotatable bonds is 6. The van der Waals surface area contributed by atoms with Gasteiger partial charge in [0.2, 0.25) is 0 Å². The maximum Gasteiger partial charge on any atom is 0.338 e. The van der Waals surface area contributed by atoms with Crippen molar-refractivity contribution in [3.8, 4) is 0 Å². The summed E-state index contributed by atoms with van der Waals surface area (Å²) in [5.41, 5.74) is 15.9. The van der Waals surface area contributed by atoms with Crippen molar-refractivity contribution in [3.63, 3.8) is 0 Å². The van der Waals surface area contributed by atoms with E-state index < -0.39 is 6.04 Å². The number of carbonyl (C=O) groups is 1. The molecule has 82 valence electrons. The zero-order valence-corrected chi connectivity index (χ0v) is 8.45. The van der Waals surface area contributed by atoms with Gasteiger partial charge in [0.05, 0.1) is 13.2 Å². The van der Waals surface area contributed by atoms with Crippen molar-refractivity contribution in [2.24, 2.45) is 17.2 Å². The van der Waals surface area contributed by atoms with Gasteiger partial charge in [-0.25, -0.2) is 0 Å². The van der Waals surface area contributed by atoms with Crippen molar-refractivity contribution in [1.29, 1.82) is 0 Å². The van der Waals surface area contributed by atoms with E-state index in [4.69, 9.17) is 21.9 Å². The molecule has 0 aliphatic heterocycles.